The van der Waals surface area contributed by atoms with E-state index in [9.17, 15) is 0 Å². The second kappa shape index (κ2) is 7.89. The minimum atomic E-state index is 0.672. The summed E-state index contributed by atoms with van der Waals surface area (Å²) in [4.78, 5) is 10.2. The van der Waals surface area contributed by atoms with Crippen molar-refractivity contribution in [3.8, 4) is 0 Å². The lowest BCUT2D eigenvalue weighted by Gasteiger charge is -2.09. The van der Waals surface area contributed by atoms with Crippen LogP contribution in [-0.4, -0.2) is 33.8 Å². The zero-order valence-corrected chi connectivity index (χ0v) is 15.2. The molecule has 2 heterocycles. The molecule has 0 unspecified atom stereocenters. The lowest BCUT2D eigenvalue weighted by Crippen LogP contribution is -2.04. The van der Waals surface area contributed by atoms with Crippen LogP contribution in [0.15, 0.2) is 46.5 Å². The number of aromatic amines is 1. The number of hydrogen-bond donors (Lipinski definition) is 4. The summed E-state index contributed by atoms with van der Waals surface area (Å²) < 4.78 is 0. The standard InChI is InChI=1S/C17H21N7S/c1-4-19-14-10-15(20-16-9-11(2)23-24-16)22-17(21-14)25-13-7-5-12(18-3)6-8-13/h5-10,18H,4H2,1-3H3,(H3,19,20,21,22,23,24). The first-order chi connectivity index (χ1) is 12.2. The third-order valence-corrected chi connectivity index (χ3v) is 4.25. The molecule has 0 aliphatic carbocycles. The maximum atomic E-state index is 4.59. The third kappa shape index (κ3) is 4.63. The highest BCUT2D eigenvalue weighted by Gasteiger charge is 2.08. The Morgan fingerprint density at radius 2 is 1.80 bits per heavy atom. The molecule has 0 atom stereocenters. The molecule has 4 N–H and O–H groups in total. The summed E-state index contributed by atoms with van der Waals surface area (Å²) in [5, 5.41) is 17.3. The van der Waals surface area contributed by atoms with Gasteiger partial charge in [0.2, 0.25) is 0 Å². The fourth-order valence-corrected chi connectivity index (χ4v) is 2.99. The summed E-state index contributed by atoms with van der Waals surface area (Å²) in [6.45, 7) is 4.78. The van der Waals surface area contributed by atoms with Crippen LogP contribution in [0, 0.1) is 6.92 Å². The van der Waals surface area contributed by atoms with Crippen molar-refractivity contribution in [2.75, 3.05) is 29.5 Å². The topological polar surface area (TPSA) is 90.5 Å². The molecule has 7 nitrogen and oxygen atoms in total. The van der Waals surface area contributed by atoms with Crippen molar-refractivity contribution < 1.29 is 0 Å². The van der Waals surface area contributed by atoms with Gasteiger partial charge in [-0.2, -0.15) is 5.10 Å². The summed E-state index contributed by atoms with van der Waals surface area (Å²) >= 11 is 1.52. The predicted octanol–water partition coefficient (Wildman–Crippen LogP) is 3.88. The first kappa shape index (κ1) is 17.1. The monoisotopic (exact) mass is 355 g/mol. The number of nitrogens with one attached hydrogen (secondary N) is 4. The van der Waals surface area contributed by atoms with Gasteiger partial charge in [-0.05, 0) is 49.9 Å². The molecule has 3 rings (SSSR count). The van der Waals surface area contributed by atoms with Gasteiger partial charge < -0.3 is 16.0 Å². The summed E-state index contributed by atoms with van der Waals surface area (Å²) in [6, 6.07) is 12.0. The van der Waals surface area contributed by atoms with Crippen molar-refractivity contribution in [1.29, 1.82) is 0 Å². The van der Waals surface area contributed by atoms with E-state index in [4.69, 9.17) is 0 Å². The molecule has 25 heavy (non-hydrogen) atoms. The summed E-state index contributed by atoms with van der Waals surface area (Å²) in [5.41, 5.74) is 2.06. The quantitative estimate of drug-likeness (QED) is 0.478. The largest absolute Gasteiger partial charge is 0.388 e. The van der Waals surface area contributed by atoms with Crippen LogP contribution in [0.1, 0.15) is 12.6 Å². The van der Waals surface area contributed by atoms with Crippen molar-refractivity contribution in [2.45, 2.75) is 23.9 Å². The Morgan fingerprint density at radius 3 is 2.44 bits per heavy atom. The van der Waals surface area contributed by atoms with E-state index < -0.39 is 0 Å². The maximum Gasteiger partial charge on any atom is 0.196 e. The molecule has 8 heteroatoms. The molecule has 0 saturated heterocycles. The van der Waals surface area contributed by atoms with Crippen LogP contribution < -0.4 is 16.0 Å². The number of benzene rings is 1. The SMILES string of the molecule is CCNc1cc(Nc2cc(C)[nH]n2)nc(Sc2ccc(NC)cc2)n1. The highest BCUT2D eigenvalue weighted by molar-refractivity contribution is 7.99. The van der Waals surface area contributed by atoms with Crippen LogP contribution in [0.3, 0.4) is 0 Å². The van der Waals surface area contributed by atoms with Crippen LogP contribution in [0.5, 0.6) is 0 Å². The molecular weight excluding hydrogens is 334 g/mol. The van der Waals surface area contributed by atoms with Crippen LogP contribution in [0.2, 0.25) is 0 Å². The van der Waals surface area contributed by atoms with Gasteiger partial charge in [-0.3, -0.25) is 5.10 Å². The number of H-pyrrole nitrogens is 1. The second-order valence-electron chi connectivity index (χ2n) is 5.39. The Labute approximate surface area is 151 Å². The van der Waals surface area contributed by atoms with Gasteiger partial charge in [0, 0.05) is 42.0 Å². The van der Waals surface area contributed by atoms with Gasteiger partial charge in [-0.1, -0.05) is 0 Å². The average Bonchev–Trinajstić information content (AvgIpc) is 3.00. The van der Waals surface area contributed by atoms with E-state index in [2.05, 4.69) is 36.1 Å². The van der Waals surface area contributed by atoms with Crippen LogP contribution in [0.4, 0.5) is 23.1 Å². The average molecular weight is 355 g/mol. The van der Waals surface area contributed by atoms with E-state index in [1.54, 1.807) is 0 Å². The molecule has 0 spiro atoms. The third-order valence-electron chi connectivity index (χ3n) is 3.38. The molecule has 1 aromatic carbocycles. The van der Waals surface area contributed by atoms with E-state index in [0.29, 0.717) is 11.0 Å². The zero-order valence-electron chi connectivity index (χ0n) is 14.4. The van der Waals surface area contributed by atoms with Gasteiger partial charge in [0.15, 0.2) is 11.0 Å². The van der Waals surface area contributed by atoms with Gasteiger partial charge in [0.05, 0.1) is 0 Å². The summed E-state index contributed by atoms with van der Waals surface area (Å²) in [7, 11) is 1.90. The first-order valence-corrected chi connectivity index (χ1v) is 8.85. The van der Waals surface area contributed by atoms with Crippen LogP contribution in [-0.2, 0) is 0 Å². The molecule has 0 amide bonds. The Morgan fingerprint density at radius 1 is 1.04 bits per heavy atom. The summed E-state index contributed by atoms with van der Waals surface area (Å²) in [5.74, 6) is 2.21. The Bertz CT molecular complexity index is 829. The van der Waals surface area contributed by atoms with Crippen molar-refractivity contribution in [1.82, 2.24) is 20.2 Å². The lowest BCUT2D eigenvalue weighted by molar-refractivity contribution is 0.960. The van der Waals surface area contributed by atoms with Gasteiger partial charge in [0.25, 0.3) is 0 Å². The van der Waals surface area contributed by atoms with E-state index in [1.807, 2.05) is 57.3 Å². The fourth-order valence-electron chi connectivity index (χ4n) is 2.21. The van der Waals surface area contributed by atoms with E-state index in [-0.39, 0.29) is 0 Å². The molecule has 0 fully saturated rings. The van der Waals surface area contributed by atoms with Gasteiger partial charge in [0.1, 0.15) is 11.6 Å². The van der Waals surface area contributed by atoms with Gasteiger partial charge in [-0.25, -0.2) is 9.97 Å². The number of aryl methyl sites for hydroxylation is 1. The number of nitrogens with zero attached hydrogens (tertiary/aromatic N) is 3. The molecule has 0 radical (unpaired) electrons. The predicted molar refractivity (Wildman–Crippen MR) is 103 cm³/mol. The normalized spacial score (nSPS) is 10.5. The molecular formula is C17H21N7S. The molecule has 0 bridgehead atoms. The molecule has 0 aliphatic rings. The van der Waals surface area contributed by atoms with Crippen molar-refractivity contribution in [3.05, 3.63) is 42.1 Å². The number of anilines is 4. The Balaban J connectivity index is 1.83. The number of hydrogen-bond acceptors (Lipinski definition) is 7. The van der Waals surface area contributed by atoms with E-state index in [1.165, 1.54) is 11.8 Å². The molecule has 0 saturated carbocycles. The highest BCUT2D eigenvalue weighted by atomic mass is 32.2. The molecule has 2 aromatic heterocycles. The minimum absolute atomic E-state index is 0.672. The minimum Gasteiger partial charge on any atom is -0.388 e. The smallest absolute Gasteiger partial charge is 0.196 e. The van der Waals surface area contributed by atoms with Gasteiger partial charge >= 0.3 is 0 Å². The molecule has 130 valence electrons. The zero-order chi connectivity index (χ0) is 17.6. The first-order valence-electron chi connectivity index (χ1n) is 8.04. The van der Waals surface area contributed by atoms with E-state index in [0.717, 1.165) is 34.5 Å². The van der Waals surface area contributed by atoms with Crippen LogP contribution in [0.25, 0.3) is 0 Å². The Hall–Kier alpha value is -2.74. The van der Waals surface area contributed by atoms with E-state index >= 15 is 0 Å². The number of aromatic nitrogens is 4. The fraction of sp³-hybridized carbons (Fsp3) is 0.235. The van der Waals surface area contributed by atoms with Crippen molar-refractivity contribution >= 4 is 34.9 Å². The van der Waals surface area contributed by atoms with Crippen molar-refractivity contribution in [2.24, 2.45) is 0 Å². The summed E-state index contributed by atoms with van der Waals surface area (Å²) in [6.07, 6.45) is 0. The second-order valence-corrected chi connectivity index (χ2v) is 6.43. The van der Waals surface area contributed by atoms with Crippen LogP contribution >= 0.6 is 11.8 Å². The van der Waals surface area contributed by atoms with Gasteiger partial charge in [-0.15, -0.1) is 0 Å². The Kier molecular flexibility index (Phi) is 5.39. The van der Waals surface area contributed by atoms with Crippen molar-refractivity contribution in [3.63, 3.8) is 0 Å². The highest BCUT2D eigenvalue weighted by Crippen LogP contribution is 2.28. The number of rotatable bonds is 7. The molecule has 0 aliphatic heterocycles. The molecule has 3 aromatic rings. The lowest BCUT2D eigenvalue weighted by atomic mass is 10.3. The maximum absolute atomic E-state index is 4.59.